The number of aromatic nitrogens is 1. The van der Waals surface area contributed by atoms with E-state index >= 15 is 0 Å². The summed E-state index contributed by atoms with van der Waals surface area (Å²) >= 11 is 0. The number of alkyl carbamates (subject to hydrolysis) is 1. The zero-order valence-electron chi connectivity index (χ0n) is 34.2. The number of rotatable bonds is 8. The van der Waals surface area contributed by atoms with Gasteiger partial charge in [0, 0.05) is 35.4 Å². The molecule has 3 fully saturated rings. The summed E-state index contributed by atoms with van der Waals surface area (Å²) in [6, 6.07) is 10.5. The Kier molecular flexibility index (Phi) is 11.1. The Bertz CT molecular complexity index is 2340. The van der Waals surface area contributed by atoms with Gasteiger partial charge in [-0.3, -0.25) is 19.1 Å². The lowest BCUT2D eigenvalue weighted by atomic mass is 10.0. The fourth-order valence-electron chi connectivity index (χ4n) is 8.08. The molecule has 5 aliphatic rings. The summed E-state index contributed by atoms with van der Waals surface area (Å²) < 4.78 is 57.0. The van der Waals surface area contributed by atoms with E-state index in [1.54, 1.807) is 52.1 Å². The minimum Gasteiger partial charge on any atom is -0.497 e. The van der Waals surface area contributed by atoms with E-state index in [1.807, 2.05) is 30.4 Å². The van der Waals surface area contributed by atoms with Gasteiger partial charge in [0.15, 0.2) is 11.5 Å². The predicted octanol–water partition coefficient (Wildman–Crippen LogP) is 4.88. The molecular weight excluding hydrogens is 795 g/mol. The van der Waals surface area contributed by atoms with Crippen molar-refractivity contribution < 1.29 is 51.3 Å². The molecule has 17 heteroatoms. The van der Waals surface area contributed by atoms with E-state index in [9.17, 15) is 27.6 Å². The number of hydrogen-bond donors (Lipinski definition) is 3. The van der Waals surface area contributed by atoms with E-state index in [2.05, 4.69) is 15.4 Å². The van der Waals surface area contributed by atoms with Crippen molar-refractivity contribution in [1.29, 1.82) is 0 Å². The standard InChI is InChI=1S/C43H51N5O11S/c1-42(2,3)59-41(52)45-31-11-9-7-5-6-8-10-26-22-43(26,40(51)47-60(53,54)29-14-15-29)46-38(49)34-20-28(23-48(34)39(31)50)58-36-21-32(25-12-17-35-37(18-25)57-24-56-35)44-33-19-27(55-4)13-16-30(33)36/h8,10,12-13,16-19,21,26,28-29,31,34H,5-7,9,11,14-15,20,22-24H2,1-4H3,(H,45,52)(H,46,49)(H,47,51)/b10-8-/t26-,28+,31-,34-,43+/m0/s1. The number of sulfonamides is 1. The monoisotopic (exact) mass is 845 g/mol. The molecule has 2 aromatic carbocycles. The van der Waals surface area contributed by atoms with Gasteiger partial charge in [-0.25, -0.2) is 18.2 Å². The molecule has 1 saturated heterocycles. The number of carbonyl (C=O) groups is 4. The normalized spacial score (nSPS) is 26.1. The Balaban J connectivity index is 1.13. The Morgan fingerprint density at radius 1 is 1.00 bits per heavy atom. The number of nitrogens with one attached hydrogen (secondary N) is 3. The number of benzene rings is 2. The predicted molar refractivity (Wildman–Crippen MR) is 219 cm³/mol. The van der Waals surface area contributed by atoms with E-state index < -0.39 is 74.3 Å². The van der Waals surface area contributed by atoms with Crippen molar-refractivity contribution in [1.82, 2.24) is 25.2 Å². The van der Waals surface area contributed by atoms with Crippen LogP contribution in [-0.2, 0) is 29.1 Å². The largest absolute Gasteiger partial charge is 0.497 e. The number of hydrogen-bond acceptors (Lipinski definition) is 12. The first-order valence-corrected chi connectivity index (χ1v) is 22.1. The van der Waals surface area contributed by atoms with E-state index in [0.717, 1.165) is 18.4 Å². The minimum absolute atomic E-state index is 0.0225. The third-order valence-electron chi connectivity index (χ3n) is 11.5. The number of fused-ring (bicyclic) bond motifs is 4. The van der Waals surface area contributed by atoms with Gasteiger partial charge in [-0.2, -0.15) is 0 Å². The van der Waals surface area contributed by atoms with Crippen molar-refractivity contribution in [2.75, 3.05) is 20.4 Å². The smallest absolute Gasteiger partial charge is 0.408 e. The minimum atomic E-state index is -3.92. The Labute approximate surface area is 348 Å². The second-order valence-corrected chi connectivity index (χ2v) is 19.1. The number of ether oxygens (including phenoxy) is 5. The zero-order valence-corrected chi connectivity index (χ0v) is 35.0. The van der Waals surface area contributed by atoms with Crippen LogP contribution in [0.3, 0.4) is 0 Å². The fraction of sp³-hybridized carbons (Fsp3) is 0.512. The molecule has 3 aromatic rings. The zero-order chi connectivity index (χ0) is 42.4. The number of nitrogens with zero attached hydrogens (tertiary/aromatic N) is 2. The van der Waals surface area contributed by atoms with Crippen LogP contribution in [0.1, 0.15) is 78.6 Å². The first-order valence-electron chi connectivity index (χ1n) is 20.5. The molecule has 0 bridgehead atoms. The SMILES string of the molecule is COc1ccc2c(O[C@@H]3C[C@H]4C(=O)N[C@]5(C(=O)NS(=O)(=O)C6CC6)C[C@@H]5/C=C\CCCCC[C@H](NC(=O)OC(C)(C)C)C(=O)N4C3)cc(-c3ccc4c(c3)OCO4)nc2c1. The second kappa shape index (κ2) is 16.1. The molecule has 4 heterocycles. The average Bonchev–Trinajstić information content (AvgIpc) is 4.08. The van der Waals surface area contributed by atoms with Gasteiger partial charge in [-0.05, 0) is 89.6 Å². The maximum Gasteiger partial charge on any atom is 0.408 e. The molecule has 0 unspecified atom stereocenters. The molecule has 8 rings (SSSR count). The van der Waals surface area contributed by atoms with Gasteiger partial charge in [-0.15, -0.1) is 0 Å². The van der Waals surface area contributed by atoms with Crippen LogP contribution in [0.2, 0.25) is 0 Å². The summed E-state index contributed by atoms with van der Waals surface area (Å²) in [5.41, 5.74) is -0.483. The molecule has 320 valence electrons. The van der Waals surface area contributed by atoms with Crippen LogP contribution in [0.5, 0.6) is 23.0 Å². The number of allylic oxidation sites excluding steroid dienone is 1. The van der Waals surface area contributed by atoms with Crippen LogP contribution in [0.25, 0.3) is 22.2 Å². The second-order valence-electron chi connectivity index (χ2n) is 17.2. The van der Waals surface area contributed by atoms with E-state index in [1.165, 1.54) is 4.90 Å². The van der Waals surface area contributed by atoms with Crippen LogP contribution in [0.15, 0.2) is 54.6 Å². The Morgan fingerprint density at radius 2 is 1.80 bits per heavy atom. The summed E-state index contributed by atoms with van der Waals surface area (Å²) in [5, 5.41) is 5.68. The molecule has 2 aliphatic carbocycles. The van der Waals surface area contributed by atoms with Crippen LogP contribution in [-0.4, -0.2) is 97.1 Å². The van der Waals surface area contributed by atoms with Crippen LogP contribution in [0.4, 0.5) is 4.79 Å². The van der Waals surface area contributed by atoms with Gasteiger partial charge >= 0.3 is 6.09 Å². The van der Waals surface area contributed by atoms with Gasteiger partial charge in [0.05, 0.1) is 30.1 Å². The third-order valence-corrected chi connectivity index (χ3v) is 13.3. The molecule has 16 nitrogen and oxygen atoms in total. The topological polar surface area (TPSA) is 201 Å². The van der Waals surface area contributed by atoms with Crippen molar-refractivity contribution >= 4 is 44.7 Å². The average molecular weight is 846 g/mol. The molecule has 2 saturated carbocycles. The summed E-state index contributed by atoms with van der Waals surface area (Å²) in [6.07, 6.45) is 6.55. The lowest BCUT2D eigenvalue weighted by Gasteiger charge is -2.30. The quantitative estimate of drug-likeness (QED) is 0.260. The molecule has 60 heavy (non-hydrogen) atoms. The molecular formula is C43H51N5O11S. The Hall–Kier alpha value is -5.58. The first kappa shape index (κ1) is 41.2. The molecule has 0 radical (unpaired) electrons. The molecule has 3 N–H and O–H groups in total. The van der Waals surface area contributed by atoms with E-state index in [-0.39, 0.29) is 26.2 Å². The molecule has 0 spiro atoms. The van der Waals surface area contributed by atoms with Gasteiger partial charge < -0.3 is 39.2 Å². The lowest BCUT2D eigenvalue weighted by Crippen LogP contribution is -2.58. The van der Waals surface area contributed by atoms with Crippen molar-refractivity contribution in [3.63, 3.8) is 0 Å². The van der Waals surface area contributed by atoms with Crippen LogP contribution in [0, 0.1) is 5.92 Å². The maximum absolute atomic E-state index is 14.7. The van der Waals surface area contributed by atoms with Gasteiger partial charge in [0.2, 0.25) is 28.6 Å². The van der Waals surface area contributed by atoms with Crippen molar-refractivity contribution in [3.05, 3.63) is 54.6 Å². The van der Waals surface area contributed by atoms with Gasteiger partial charge in [-0.1, -0.05) is 25.0 Å². The summed E-state index contributed by atoms with van der Waals surface area (Å²) in [6.45, 7) is 5.25. The Morgan fingerprint density at radius 3 is 2.57 bits per heavy atom. The fourth-order valence-corrected chi connectivity index (χ4v) is 9.45. The summed E-state index contributed by atoms with van der Waals surface area (Å²) in [5.74, 6) is -0.184. The highest BCUT2D eigenvalue weighted by molar-refractivity contribution is 7.91. The molecule has 1 aromatic heterocycles. The van der Waals surface area contributed by atoms with Gasteiger partial charge in [0.1, 0.15) is 40.8 Å². The third kappa shape index (κ3) is 8.81. The van der Waals surface area contributed by atoms with Crippen molar-refractivity contribution in [2.45, 2.75) is 113 Å². The molecule has 5 atom stereocenters. The lowest BCUT2D eigenvalue weighted by molar-refractivity contribution is -0.141. The van der Waals surface area contributed by atoms with Crippen LogP contribution >= 0.6 is 0 Å². The van der Waals surface area contributed by atoms with Gasteiger partial charge in [0.25, 0.3) is 5.91 Å². The maximum atomic E-state index is 14.7. The number of carbonyl (C=O) groups excluding carboxylic acids is 4. The number of pyridine rings is 1. The van der Waals surface area contributed by atoms with E-state index in [4.69, 9.17) is 28.7 Å². The highest BCUT2D eigenvalue weighted by Crippen LogP contribution is 2.46. The van der Waals surface area contributed by atoms with Crippen molar-refractivity contribution in [2.24, 2.45) is 5.92 Å². The summed E-state index contributed by atoms with van der Waals surface area (Å²) in [4.78, 5) is 62.6. The summed E-state index contributed by atoms with van der Waals surface area (Å²) in [7, 11) is -2.36. The van der Waals surface area contributed by atoms with Crippen molar-refractivity contribution in [3.8, 4) is 34.3 Å². The number of methoxy groups -OCH3 is 1. The highest BCUT2D eigenvalue weighted by atomic mass is 32.2. The highest BCUT2D eigenvalue weighted by Gasteiger charge is 2.62. The molecule has 3 aliphatic heterocycles. The van der Waals surface area contributed by atoms with E-state index in [0.29, 0.717) is 71.7 Å². The van der Waals surface area contributed by atoms with Crippen LogP contribution < -0.4 is 34.3 Å². The number of amides is 4. The molecule has 4 amide bonds. The first-order chi connectivity index (χ1) is 28.6.